The molecule has 3 aromatic rings. The van der Waals surface area contributed by atoms with Crippen molar-refractivity contribution in [2.75, 3.05) is 26.4 Å². The molecule has 1 heterocycles. The van der Waals surface area contributed by atoms with Crippen LogP contribution in [0.4, 0.5) is 0 Å². The molecule has 33 heavy (non-hydrogen) atoms. The molecule has 0 spiro atoms. The Bertz CT molecular complexity index is 1090. The Morgan fingerprint density at radius 3 is 2.27 bits per heavy atom. The lowest BCUT2D eigenvalue weighted by Crippen LogP contribution is -2.12. The zero-order valence-electron chi connectivity index (χ0n) is 18.0. The summed E-state index contributed by atoms with van der Waals surface area (Å²) in [5.74, 6) is -2.24. The number of nitrogens with zero attached hydrogens (tertiary/aromatic N) is 1. The highest BCUT2D eigenvalue weighted by Gasteiger charge is 2.08. The van der Waals surface area contributed by atoms with Gasteiger partial charge in [-0.3, -0.25) is 0 Å². The van der Waals surface area contributed by atoms with E-state index < -0.39 is 11.9 Å². The lowest BCUT2D eigenvalue weighted by atomic mass is 10.2. The van der Waals surface area contributed by atoms with Crippen LogP contribution in [0.2, 0.25) is 5.02 Å². The van der Waals surface area contributed by atoms with Crippen LogP contribution in [-0.2, 0) is 14.3 Å². The highest BCUT2D eigenvalue weighted by molar-refractivity contribution is 9.10. The number of hydrogen-bond acceptors (Lipinski definition) is 6. The average Bonchev–Trinajstić information content (AvgIpc) is 2.75. The van der Waals surface area contributed by atoms with Gasteiger partial charge < -0.3 is 24.4 Å². The van der Waals surface area contributed by atoms with Crippen molar-refractivity contribution >= 4 is 50.4 Å². The Kier molecular flexibility index (Phi) is 10.4. The number of carboxylic acid groups (broad SMARTS) is 2. The van der Waals surface area contributed by atoms with E-state index in [-0.39, 0.29) is 0 Å². The quantitative estimate of drug-likeness (QED) is 0.306. The Hall–Kier alpha value is -2.88. The zero-order valence-corrected chi connectivity index (χ0v) is 20.4. The van der Waals surface area contributed by atoms with Crippen LogP contribution in [0, 0.1) is 13.8 Å². The van der Waals surface area contributed by atoms with Crippen molar-refractivity contribution in [3.8, 4) is 11.5 Å². The van der Waals surface area contributed by atoms with Crippen LogP contribution in [0.25, 0.3) is 10.9 Å². The topological polar surface area (TPSA) is 115 Å². The second-order valence-electron chi connectivity index (χ2n) is 6.76. The highest BCUT2D eigenvalue weighted by atomic mass is 79.9. The van der Waals surface area contributed by atoms with E-state index in [4.69, 9.17) is 45.6 Å². The fourth-order valence-electron chi connectivity index (χ4n) is 2.67. The molecule has 0 fully saturated rings. The average molecular weight is 541 g/mol. The van der Waals surface area contributed by atoms with E-state index in [1.807, 2.05) is 56.3 Å². The van der Waals surface area contributed by atoms with Gasteiger partial charge in [0.15, 0.2) is 5.75 Å². The summed E-state index contributed by atoms with van der Waals surface area (Å²) in [4.78, 5) is 22.8. The second kappa shape index (κ2) is 13.0. The number of rotatable bonds is 8. The summed E-state index contributed by atoms with van der Waals surface area (Å²) >= 11 is 9.67. The fourth-order valence-corrected chi connectivity index (χ4v) is 3.81. The first-order valence-electron chi connectivity index (χ1n) is 9.80. The molecule has 0 saturated heterocycles. The first-order valence-corrected chi connectivity index (χ1v) is 11.0. The summed E-state index contributed by atoms with van der Waals surface area (Å²) in [7, 11) is 0. The molecule has 10 heteroatoms. The smallest absolute Gasteiger partial charge is 0.414 e. The summed E-state index contributed by atoms with van der Waals surface area (Å²) in [5, 5.41) is 16.4. The molecule has 0 amide bonds. The number of benzene rings is 2. The van der Waals surface area contributed by atoms with E-state index in [1.54, 1.807) is 0 Å². The van der Waals surface area contributed by atoms with Gasteiger partial charge in [-0.2, -0.15) is 0 Å². The summed E-state index contributed by atoms with van der Waals surface area (Å²) in [6, 6.07) is 13.8. The van der Waals surface area contributed by atoms with Gasteiger partial charge in [0, 0.05) is 11.1 Å². The van der Waals surface area contributed by atoms with Crippen LogP contribution in [-0.4, -0.2) is 53.6 Å². The molecule has 3 rings (SSSR count). The van der Waals surface area contributed by atoms with E-state index >= 15 is 0 Å². The number of aryl methyl sites for hydroxylation is 2. The Morgan fingerprint density at radius 1 is 0.970 bits per heavy atom. The monoisotopic (exact) mass is 539 g/mol. The fraction of sp³-hybridized carbons (Fsp3) is 0.261. The van der Waals surface area contributed by atoms with Gasteiger partial charge in [0.1, 0.15) is 24.5 Å². The zero-order chi connectivity index (χ0) is 24.4. The molecule has 0 radical (unpaired) electrons. The number of carboxylic acids is 2. The maximum Gasteiger partial charge on any atom is 0.414 e. The third-order valence-electron chi connectivity index (χ3n) is 4.11. The van der Waals surface area contributed by atoms with Crippen LogP contribution >= 0.6 is 27.5 Å². The van der Waals surface area contributed by atoms with E-state index in [9.17, 15) is 0 Å². The third kappa shape index (κ3) is 8.53. The minimum Gasteiger partial charge on any atom is -0.489 e. The van der Waals surface area contributed by atoms with Gasteiger partial charge in [-0.25, -0.2) is 14.6 Å². The van der Waals surface area contributed by atoms with Gasteiger partial charge in [0.2, 0.25) is 0 Å². The minimum absolute atomic E-state index is 0.413. The summed E-state index contributed by atoms with van der Waals surface area (Å²) < 4.78 is 18.0. The standard InChI is InChI=1S/C21H21BrClNO3.C2H2O4/c1-14-12-17(22)21(18(23)13-14)27-11-9-25-8-10-26-19-5-3-4-16-7-6-15(2)24-20(16)19;3-1(4)2(5)6/h3-7,12-13H,8-11H2,1-2H3;(H,3,4)(H,5,6). The molecule has 0 aliphatic carbocycles. The van der Waals surface area contributed by atoms with E-state index in [2.05, 4.69) is 20.9 Å². The molecule has 0 saturated carbocycles. The maximum atomic E-state index is 9.10. The highest BCUT2D eigenvalue weighted by Crippen LogP contribution is 2.34. The van der Waals surface area contributed by atoms with E-state index in [1.165, 1.54) is 0 Å². The number of fused-ring (bicyclic) bond motifs is 1. The molecule has 2 N–H and O–H groups in total. The van der Waals surface area contributed by atoms with Crippen LogP contribution < -0.4 is 9.47 Å². The normalized spacial score (nSPS) is 10.3. The molecule has 0 bridgehead atoms. The Labute approximate surface area is 204 Å². The predicted octanol–water partition coefficient (Wildman–Crippen LogP) is 4.90. The number of hydrogen-bond donors (Lipinski definition) is 2. The molecule has 0 aliphatic heterocycles. The van der Waals surface area contributed by atoms with Crippen molar-refractivity contribution < 1.29 is 34.0 Å². The van der Waals surface area contributed by atoms with Gasteiger partial charge in [-0.05, 0) is 59.6 Å². The number of halogens is 2. The van der Waals surface area contributed by atoms with Crippen LogP contribution in [0.3, 0.4) is 0 Å². The lowest BCUT2D eigenvalue weighted by Gasteiger charge is -2.12. The summed E-state index contributed by atoms with van der Waals surface area (Å²) in [5.41, 5.74) is 2.92. The number of para-hydroxylation sites is 1. The Morgan fingerprint density at radius 2 is 1.64 bits per heavy atom. The summed E-state index contributed by atoms with van der Waals surface area (Å²) in [6.07, 6.45) is 0. The number of pyridine rings is 1. The number of carbonyl (C=O) groups is 2. The Balaban J connectivity index is 0.000000569. The largest absolute Gasteiger partial charge is 0.489 e. The van der Waals surface area contributed by atoms with Gasteiger partial charge in [-0.1, -0.05) is 29.8 Å². The third-order valence-corrected chi connectivity index (χ3v) is 4.98. The van der Waals surface area contributed by atoms with Crippen molar-refractivity contribution in [2.45, 2.75) is 13.8 Å². The van der Waals surface area contributed by atoms with Crippen LogP contribution in [0.5, 0.6) is 11.5 Å². The first kappa shape index (κ1) is 26.4. The second-order valence-corrected chi connectivity index (χ2v) is 8.02. The van der Waals surface area contributed by atoms with Crippen molar-refractivity contribution in [2.24, 2.45) is 0 Å². The summed E-state index contributed by atoms with van der Waals surface area (Å²) in [6.45, 7) is 5.73. The molecule has 0 atom stereocenters. The predicted molar refractivity (Wildman–Crippen MR) is 127 cm³/mol. The molecule has 8 nitrogen and oxygen atoms in total. The molecule has 2 aromatic carbocycles. The van der Waals surface area contributed by atoms with Crippen LogP contribution in [0.1, 0.15) is 11.3 Å². The van der Waals surface area contributed by atoms with E-state index in [0.717, 1.165) is 32.4 Å². The van der Waals surface area contributed by atoms with Crippen molar-refractivity contribution in [1.82, 2.24) is 4.98 Å². The first-order chi connectivity index (χ1) is 15.7. The molecular formula is C23H23BrClNO7. The molecule has 0 aliphatic rings. The lowest BCUT2D eigenvalue weighted by molar-refractivity contribution is -0.159. The molecular weight excluding hydrogens is 518 g/mol. The van der Waals surface area contributed by atoms with E-state index in [0.29, 0.717) is 37.2 Å². The van der Waals surface area contributed by atoms with Gasteiger partial charge >= 0.3 is 11.9 Å². The van der Waals surface area contributed by atoms with Gasteiger partial charge in [0.05, 0.1) is 22.7 Å². The molecule has 1 aromatic heterocycles. The van der Waals surface area contributed by atoms with Crippen LogP contribution in [0.15, 0.2) is 46.9 Å². The van der Waals surface area contributed by atoms with Gasteiger partial charge in [0.25, 0.3) is 0 Å². The minimum atomic E-state index is -1.82. The number of aromatic nitrogens is 1. The number of ether oxygens (including phenoxy) is 3. The van der Waals surface area contributed by atoms with Gasteiger partial charge in [-0.15, -0.1) is 0 Å². The van der Waals surface area contributed by atoms with Crippen molar-refractivity contribution in [1.29, 1.82) is 0 Å². The maximum absolute atomic E-state index is 9.10. The van der Waals surface area contributed by atoms with Crippen molar-refractivity contribution in [3.05, 3.63) is 63.2 Å². The SMILES string of the molecule is Cc1cc(Cl)c(OCCOCCOc2cccc3ccc(C)nc23)c(Br)c1.O=C(O)C(=O)O. The van der Waals surface area contributed by atoms with Crippen molar-refractivity contribution in [3.63, 3.8) is 0 Å². The molecule has 176 valence electrons. The number of aliphatic carboxylic acids is 2. The molecule has 0 unspecified atom stereocenters.